The van der Waals surface area contributed by atoms with Gasteiger partial charge in [-0.2, -0.15) is 0 Å². The zero-order chi connectivity index (χ0) is 17.4. The van der Waals surface area contributed by atoms with Crippen LogP contribution in [0.3, 0.4) is 0 Å². The molecule has 8 heteroatoms. The zero-order valence-electron chi connectivity index (χ0n) is 12.4. The summed E-state index contributed by atoms with van der Waals surface area (Å²) >= 11 is 17.7. The van der Waals surface area contributed by atoms with Gasteiger partial charge >= 0.3 is 0 Å². The molecule has 1 fully saturated rings. The van der Waals surface area contributed by atoms with Gasteiger partial charge in [-0.25, -0.2) is 0 Å². The van der Waals surface area contributed by atoms with E-state index in [9.17, 15) is 14.4 Å². The molecule has 0 spiro atoms. The van der Waals surface area contributed by atoms with Crippen molar-refractivity contribution in [1.82, 2.24) is 4.90 Å². The van der Waals surface area contributed by atoms with Crippen molar-refractivity contribution in [1.29, 1.82) is 0 Å². The van der Waals surface area contributed by atoms with E-state index >= 15 is 0 Å². The molecule has 1 N–H and O–H groups in total. The monoisotopic (exact) mass is 386 g/mol. The summed E-state index contributed by atoms with van der Waals surface area (Å²) in [6, 6.07) is 4.63. The molecule has 1 aliphatic heterocycles. The first-order valence-electron chi connectivity index (χ1n) is 7.31. The fourth-order valence-electron chi connectivity index (χ4n) is 2.97. The van der Waals surface area contributed by atoms with Gasteiger partial charge in [0.1, 0.15) is 6.54 Å². The van der Waals surface area contributed by atoms with Crippen molar-refractivity contribution in [2.24, 2.45) is 11.8 Å². The van der Waals surface area contributed by atoms with Gasteiger partial charge in [0.25, 0.3) is 0 Å². The van der Waals surface area contributed by atoms with Gasteiger partial charge in [0.15, 0.2) is 0 Å². The molecular weight excluding hydrogens is 375 g/mol. The van der Waals surface area contributed by atoms with Crippen molar-refractivity contribution < 1.29 is 14.4 Å². The summed E-state index contributed by atoms with van der Waals surface area (Å²) in [5.41, 5.74) is 0.440. The van der Waals surface area contributed by atoms with Crippen LogP contribution in [0.25, 0.3) is 0 Å². The van der Waals surface area contributed by atoms with E-state index in [1.165, 1.54) is 6.07 Å². The molecule has 0 bridgehead atoms. The molecule has 126 valence electrons. The number of carbonyl (C=O) groups excluding carboxylic acids is 3. The fraction of sp³-hybridized carbons (Fsp3) is 0.312. The lowest BCUT2D eigenvalue weighted by molar-refractivity contribution is -0.142. The minimum Gasteiger partial charge on any atom is -0.324 e. The number of amides is 3. The number of nitrogens with zero attached hydrogens (tertiary/aromatic N) is 1. The Bertz CT molecular complexity index is 763. The molecule has 0 radical (unpaired) electrons. The van der Waals surface area contributed by atoms with Crippen molar-refractivity contribution in [2.75, 3.05) is 11.9 Å². The lowest BCUT2D eigenvalue weighted by Gasteiger charge is -2.17. The van der Waals surface area contributed by atoms with Gasteiger partial charge < -0.3 is 5.32 Å². The first-order chi connectivity index (χ1) is 11.4. The van der Waals surface area contributed by atoms with E-state index in [2.05, 4.69) is 5.32 Å². The molecule has 0 saturated carbocycles. The van der Waals surface area contributed by atoms with Gasteiger partial charge in [0, 0.05) is 10.7 Å². The third-order valence-corrected chi connectivity index (χ3v) is 5.21. The van der Waals surface area contributed by atoms with Gasteiger partial charge in [-0.15, -0.1) is 0 Å². The highest BCUT2D eigenvalue weighted by molar-refractivity contribution is 6.42. The summed E-state index contributed by atoms with van der Waals surface area (Å²) < 4.78 is 0. The summed E-state index contributed by atoms with van der Waals surface area (Å²) in [5.74, 6) is -2.03. The second kappa shape index (κ2) is 6.75. The van der Waals surface area contributed by atoms with Crippen LogP contribution in [-0.4, -0.2) is 29.2 Å². The minimum absolute atomic E-state index is 0.300. The second-order valence-corrected chi connectivity index (χ2v) is 7.04. The van der Waals surface area contributed by atoms with E-state index in [4.69, 9.17) is 34.8 Å². The summed E-state index contributed by atoms with van der Waals surface area (Å²) in [7, 11) is 0. The Morgan fingerprint density at radius 3 is 2.54 bits per heavy atom. The van der Waals surface area contributed by atoms with Crippen LogP contribution in [0.5, 0.6) is 0 Å². The van der Waals surface area contributed by atoms with E-state index in [1.807, 2.05) is 0 Å². The van der Waals surface area contributed by atoms with Gasteiger partial charge in [0.05, 0.1) is 21.9 Å². The normalized spacial score (nSPS) is 23.1. The van der Waals surface area contributed by atoms with E-state index in [0.717, 1.165) is 4.90 Å². The number of benzene rings is 1. The third kappa shape index (κ3) is 3.29. The van der Waals surface area contributed by atoms with Gasteiger partial charge in [-0.1, -0.05) is 40.9 Å². The highest BCUT2D eigenvalue weighted by Crippen LogP contribution is 2.38. The molecule has 0 aromatic heterocycles. The first-order valence-corrected chi connectivity index (χ1v) is 8.45. The summed E-state index contributed by atoms with van der Waals surface area (Å²) in [4.78, 5) is 37.9. The van der Waals surface area contributed by atoms with E-state index in [0.29, 0.717) is 33.6 Å². The fourth-order valence-corrected chi connectivity index (χ4v) is 3.52. The number of imide groups is 1. The predicted octanol–water partition coefficient (Wildman–Crippen LogP) is 3.45. The first kappa shape index (κ1) is 17.3. The smallest absolute Gasteiger partial charge is 0.244 e. The largest absolute Gasteiger partial charge is 0.324 e. The standard InChI is InChI=1S/C16H13Cl3N2O3/c17-8-1-3-10-11(5-8)16(24)21(15(10)23)7-14(22)20-9-2-4-12(18)13(19)6-9/h1-2,4,6,10-11H,3,5,7H2,(H,20,22)/t10-,11+/m1/s1. The van der Waals surface area contributed by atoms with Crippen LogP contribution < -0.4 is 5.32 Å². The number of carbonyl (C=O) groups is 3. The van der Waals surface area contributed by atoms with Crippen LogP contribution in [0.2, 0.25) is 10.0 Å². The molecule has 2 aliphatic rings. The number of likely N-dealkylation sites (tertiary alicyclic amines) is 1. The van der Waals surface area contributed by atoms with E-state index < -0.39 is 17.7 Å². The molecule has 1 aliphatic carbocycles. The molecule has 1 aromatic carbocycles. The van der Waals surface area contributed by atoms with Gasteiger partial charge in [0.2, 0.25) is 17.7 Å². The Hall–Kier alpha value is -1.56. The zero-order valence-corrected chi connectivity index (χ0v) is 14.7. The average molecular weight is 388 g/mol. The number of anilines is 1. The summed E-state index contributed by atoms with van der Waals surface area (Å²) in [5, 5.41) is 3.85. The molecule has 3 rings (SSSR count). The number of fused-ring (bicyclic) bond motifs is 1. The number of halogens is 3. The molecule has 0 unspecified atom stereocenters. The number of hydrogen-bond donors (Lipinski definition) is 1. The second-order valence-electron chi connectivity index (χ2n) is 5.74. The maximum Gasteiger partial charge on any atom is 0.244 e. The molecule has 24 heavy (non-hydrogen) atoms. The Labute approximate surface area is 153 Å². The average Bonchev–Trinajstić information content (AvgIpc) is 2.75. The third-order valence-electron chi connectivity index (χ3n) is 4.17. The number of nitrogens with one attached hydrogen (secondary N) is 1. The Morgan fingerprint density at radius 2 is 1.83 bits per heavy atom. The molecule has 5 nitrogen and oxygen atoms in total. The maximum absolute atomic E-state index is 12.4. The van der Waals surface area contributed by atoms with Crippen LogP contribution in [0.1, 0.15) is 12.8 Å². The van der Waals surface area contributed by atoms with Gasteiger partial charge in [-0.3, -0.25) is 19.3 Å². The van der Waals surface area contributed by atoms with Gasteiger partial charge in [-0.05, 0) is 31.0 Å². The van der Waals surface area contributed by atoms with Crippen molar-refractivity contribution >= 4 is 58.2 Å². The van der Waals surface area contributed by atoms with Crippen molar-refractivity contribution in [3.63, 3.8) is 0 Å². The summed E-state index contributed by atoms with van der Waals surface area (Å²) in [6.07, 6.45) is 2.54. The van der Waals surface area contributed by atoms with Crippen LogP contribution in [-0.2, 0) is 14.4 Å². The Morgan fingerprint density at radius 1 is 1.12 bits per heavy atom. The molecule has 1 saturated heterocycles. The maximum atomic E-state index is 12.4. The molecular formula is C16H13Cl3N2O3. The van der Waals surface area contributed by atoms with Crippen LogP contribution in [0.15, 0.2) is 29.3 Å². The minimum atomic E-state index is -0.479. The van der Waals surface area contributed by atoms with Crippen LogP contribution in [0.4, 0.5) is 5.69 Å². The van der Waals surface area contributed by atoms with Crippen molar-refractivity contribution in [3.8, 4) is 0 Å². The Kier molecular flexibility index (Phi) is 4.85. The molecule has 1 aromatic rings. The van der Waals surface area contributed by atoms with Crippen molar-refractivity contribution in [3.05, 3.63) is 39.4 Å². The summed E-state index contributed by atoms with van der Waals surface area (Å²) in [6.45, 7) is -0.331. The van der Waals surface area contributed by atoms with E-state index in [1.54, 1.807) is 18.2 Å². The van der Waals surface area contributed by atoms with Crippen LogP contribution >= 0.6 is 34.8 Å². The highest BCUT2D eigenvalue weighted by atomic mass is 35.5. The Balaban J connectivity index is 1.67. The SMILES string of the molecule is O=C(CN1C(=O)[C@H]2CC(Cl)=CC[C@H]2C1=O)Nc1ccc(Cl)c(Cl)c1. The molecule has 1 heterocycles. The molecule has 3 amide bonds. The quantitative estimate of drug-likeness (QED) is 0.808. The predicted molar refractivity (Wildman–Crippen MR) is 92.0 cm³/mol. The molecule has 2 atom stereocenters. The number of hydrogen-bond acceptors (Lipinski definition) is 3. The topological polar surface area (TPSA) is 66.5 Å². The number of allylic oxidation sites excluding steroid dienone is 2. The van der Waals surface area contributed by atoms with E-state index in [-0.39, 0.29) is 18.4 Å². The highest BCUT2D eigenvalue weighted by Gasteiger charge is 2.48. The van der Waals surface area contributed by atoms with Crippen molar-refractivity contribution in [2.45, 2.75) is 12.8 Å². The number of rotatable bonds is 3. The lowest BCUT2D eigenvalue weighted by atomic mass is 9.85. The lowest BCUT2D eigenvalue weighted by Crippen LogP contribution is -2.38. The van der Waals surface area contributed by atoms with Crippen LogP contribution in [0, 0.1) is 11.8 Å².